The van der Waals surface area contributed by atoms with Crippen LogP contribution in [0.4, 0.5) is 4.39 Å². The Hall–Kier alpha value is -1.64. The molecule has 2 aliphatic carbocycles. The number of methoxy groups -OCH3 is 1. The predicted octanol–water partition coefficient (Wildman–Crippen LogP) is 3.14. The van der Waals surface area contributed by atoms with Gasteiger partial charge in [-0.3, -0.25) is 4.99 Å². The van der Waals surface area contributed by atoms with E-state index in [1.807, 2.05) is 30.5 Å². The van der Waals surface area contributed by atoms with Gasteiger partial charge in [-0.25, -0.2) is 4.39 Å². The number of ether oxygens (including phenoxy) is 1. The number of halogens is 1. The number of rotatable bonds is 3. The SMILES string of the molecule is COC1=CCC(/N=C/C2=CCC(F)C=C2)C=C1. The van der Waals surface area contributed by atoms with Crippen molar-refractivity contribution in [2.45, 2.75) is 25.1 Å². The fourth-order valence-corrected chi connectivity index (χ4v) is 1.74. The third kappa shape index (κ3) is 3.41. The van der Waals surface area contributed by atoms with E-state index in [2.05, 4.69) is 4.99 Å². The van der Waals surface area contributed by atoms with Crippen molar-refractivity contribution >= 4 is 6.21 Å². The van der Waals surface area contributed by atoms with Crippen LogP contribution >= 0.6 is 0 Å². The smallest absolute Gasteiger partial charge is 0.122 e. The van der Waals surface area contributed by atoms with E-state index in [-0.39, 0.29) is 6.04 Å². The fraction of sp³-hybridized carbons (Fsp3) is 0.357. The highest BCUT2D eigenvalue weighted by Crippen LogP contribution is 2.15. The zero-order valence-corrected chi connectivity index (χ0v) is 9.84. The fourth-order valence-electron chi connectivity index (χ4n) is 1.74. The Balaban J connectivity index is 1.89. The highest BCUT2D eigenvalue weighted by molar-refractivity contribution is 5.82. The molecule has 0 radical (unpaired) electrons. The first kappa shape index (κ1) is 11.8. The molecule has 2 nitrogen and oxygen atoms in total. The van der Waals surface area contributed by atoms with Crippen LogP contribution in [0, 0.1) is 0 Å². The lowest BCUT2D eigenvalue weighted by molar-refractivity contribution is 0.303. The van der Waals surface area contributed by atoms with Crippen molar-refractivity contribution < 1.29 is 9.13 Å². The van der Waals surface area contributed by atoms with Crippen molar-refractivity contribution in [1.82, 2.24) is 0 Å². The highest BCUT2D eigenvalue weighted by atomic mass is 19.1. The third-order valence-corrected chi connectivity index (χ3v) is 2.77. The van der Waals surface area contributed by atoms with E-state index >= 15 is 0 Å². The summed E-state index contributed by atoms with van der Waals surface area (Å²) < 4.78 is 17.9. The summed E-state index contributed by atoms with van der Waals surface area (Å²) in [6.07, 6.45) is 13.4. The molecule has 0 aliphatic heterocycles. The zero-order chi connectivity index (χ0) is 12.1. The lowest BCUT2D eigenvalue weighted by atomic mass is 10.1. The van der Waals surface area contributed by atoms with Gasteiger partial charge in [0.2, 0.25) is 0 Å². The van der Waals surface area contributed by atoms with Gasteiger partial charge < -0.3 is 4.74 Å². The van der Waals surface area contributed by atoms with Crippen molar-refractivity contribution in [2.75, 3.05) is 7.11 Å². The number of hydrogen-bond acceptors (Lipinski definition) is 2. The monoisotopic (exact) mass is 233 g/mol. The Morgan fingerprint density at radius 2 is 2.18 bits per heavy atom. The molecule has 0 bridgehead atoms. The van der Waals surface area contributed by atoms with Gasteiger partial charge >= 0.3 is 0 Å². The average Bonchev–Trinajstić information content (AvgIpc) is 2.39. The Bertz CT molecular complexity index is 418. The van der Waals surface area contributed by atoms with Crippen molar-refractivity contribution in [3.05, 3.63) is 47.8 Å². The number of alkyl halides is 1. The largest absolute Gasteiger partial charge is 0.497 e. The molecule has 0 saturated carbocycles. The minimum atomic E-state index is -0.839. The summed E-state index contributed by atoms with van der Waals surface area (Å²) in [6.45, 7) is 0. The minimum Gasteiger partial charge on any atom is -0.497 e. The summed E-state index contributed by atoms with van der Waals surface area (Å²) in [5.74, 6) is 0.883. The van der Waals surface area contributed by atoms with Crippen LogP contribution in [0.15, 0.2) is 52.8 Å². The summed E-state index contributed by atoms with van der Waals surface area (Å²) in [6, 6.07) is 0.159. The first-order valence-corrected chi connectivity index (χ1v) is 5.76. The van der Waals surface area contributed by atoms with Gasteiger partial charge in [-0.1, -0.05) is 18.2 Å². The number of hydrogen-bond donors (Lipinski definition) is 0. The molecule has 2 aliphatic rings. The van der Waals surface area contributed by atoms with Crippen molar-refractivity contribution in [3.8, 4) is 0 Å². The molecule has 0 aromatic heterocycles. The highest BCUT2D eigenvalue weighted by Gasteiger charge is 2.07. The Morgan fingerprint density at radius 3 is 2.76 bits per heavy atom. The number of allylic oxidation sites excluding steroid dienone is 5. The predicted molar refractivity (Wildman–Crippen MR) is 67.9 cm³/mol. The second-order valence-corrected chi connectivity index (χ2v) is 4.07. The van der Waals surface area contributed by atoms with Crippen LogP contribution in [0.5, 0.6) is 0 Å². The molecule has 0 spiro atoms. The molecule has 2 rings (SSSR count). The maximum atomic E-state index is 12.8. The second kappa shape index (κ2) is 5.62. The van der Waals surface area contributed by atoms with Crippen LogP contribution in [0.2, 0.25) is 0 Å². The second-order valence-electron chi connectivity index (χ2n) is 4.07. The van der Waals surface area contributed by atoms with Crippen molar-refractivity contribution in [3.63, 3.8) is 0 Å². The first-order valence-electron chi connectivity index (χ1n) is 5.76. The zero-order valence-electron chi connectivity index (χ0n) is 9.84. The van der Waals surface area contributed by atoms with E-state index in [0.717, 1.165) is 17.8 Å². The molecule has 0 aromatic rings. The summed E-state index contributed by atoms with van der Waals surface area (Å²) in [4.78, 5) is 4.45. The Kier molecular flexibility index (Phi) is 3.91. The molecular formula is C14H16FNO. The van der Waals surface area contributed by atoms with Crippen LogP contribution in [0.1, 0.15) is 12.8 Å². The summed E-state index contributed by atoms with van der Waals surface area (Å²) in [7, 11) is 1.66. The van der Waals surface area contributed by atoms with Crippen molar-refractivity contribution in [2.24, 2.45) is 4.99 Å². The molecule has 0 heterocycles. The molecule has 2 atom stereocenters. The summed E-state index contributed by atoms with van der Waals surface area (Å²) in [5, 5.41) is 0. The minimum absolute atomic E-state index is 0.159. The molecule has 0 aromatic carbocycles. The number of nitrogens with zero attached hydrogens (tertiary/aromatic N) is 1. The number of aliphatic imine (C=N–C) groups is 1. The Labute approximate surface area is 101 Å². The molecule has 0 amide bonds. The lowest BCUT2D eigenvalue weighted by Crippen LogP contribution is -2.05. The lowest BCUT2D eigenvalue weighted by Gasteiger charge is -2.12. The van der Waals surface area contributed by atoms with Crippen LogP contribution in [-0.4, -0.2) is 25.5 Å². The van der Waals surface area contributed by atoms with E-state index in [1.165, 1.54) is 0 Å². The van der Waals surface area contributed by atoms with Crippen molar-refractivity contribution in [1.29, 1.82) is 0 Å². The first-order chi connectivity index (χ1) is 8.28. The van der Waals surface area contributed by atoms with Gasteiger partial charge in [-0.2, -0.15) is 0 Å². The molecule has 3 heteroatoms. The van der Waals surface area contributed by atoms with Gasteiger partial charge in [0.15, 0.2) is 0 Å². The van der Waals surface area contributed by atoms with Gasteiger partial charge in [-0.05, 0) is 30.2 Å². The van der Waals surface area contributed by atoms with Gasteiger partial charge in [0, 0.05) is 12.6 Å². The normalized spacial score (nSPS) is 28.1. The van der Waals surface area contributed by atoms with Gasteiger partial charge in [0.05, 0.1) is 13.2 Å². The standard InChI is InChI=1S/C14H16FNO/c1-17-14-8-6-13(7-9-14)16-10-11-2-4-12(15)5-3-11/h2-4,6,8-10,12-13H,5,7H2,1H3/b16-10+. The Morgan fingerprint density at radius 1 is 1.29 bits per heavy atom. The van der Waals surface area contributed by atoms with E-state index < -0.39 is 6.17 Å². The van der Waals surface area contributed by atoms with E-state index in [9.17, 15) is 4.39 Å². The van der Waals surface area contributed by atoms with Crippen LogP contribution in [0.25, 0.3) is 0 Å². The summed E-state index contributed by atoms with van der Waals surface area (Å²) in [5.41, 5.74) is 0.980. The molecule has 0 fully saturated rings. The summed E-state index contributed by atoms with van der Waals surface area (Å²) >= 11 is 0. The van der Waals surface area contributed by atoms with E-state index in [1.54, 1.807) is 19.3 Å². The molecule has 0 N–H and O–H groups in total. The maximum Gasteiger partial charge on any atom is 0.122 e. The van der Waals surface area contributed by atoms with Gasteiger partial charge in [-0.15, -0.1) is 0 Å². The van der Waals surface area contributed by atoms with Crippen LogP contribution < -0.4 is 0 Å². The van der Waals surface area contributed by atoms with E-state index in [0.29, 0.717) is 6.42 Å². The molecule has 17 heavy (non-hydrogen) atoms. The maximum absolute atomic E-state index is 12.8. The third-order valence-electron chi connectivity index (χ3n) is 2.77. The van der Waals surface area contributed by atoms with Crippen LogP contribution in [0.3, 0.4) is 0 Å². The van der Waals surface area contributed by atoms with Crippen LogP contribution in [-0.2, 0) is 4.74 Å². The average molecular weight is 233 g/mol. The molecule has 2 unspecified atom stereocenters. The molecule has 0 saturated heterocycles. The van der Waals surface area contributed by atoms with Gasteiger partial charge in [0.1, 0.15) is 11.9 Å². The topological polar surface area (TPSA) is 21.6 Å². The quantitative estimate of drug-likeness (QED) is 0.686. The molecule has 90 valence electrons. The van der Waals surface area contributed by atoms with Gasteiger partial charge in [0.25, 0.3) is 0 Å². The van der Waals surface area contributed by atoms with E-state index in [4.69, 9.17) is 4.74 Å². The molecular weight excluding hydrogens is 217 g/mol.